The topological polar surface area (TPSA) is 95.0 Å². The Morgan fingerprint density at radius 3 is 2.96 bits per heavy atom. The molecule has 0 aromatic carbocycles. The van der Waals surface area contributed by atoms with Gasteiger partial charge in [0.25, 0.3) is 5.91 Å². The number of morpholine rings is 1. The van der Waals surface area contributed by atoms with Crippen molar-refractivity contribution in [2.24, 2.45) is 0 Å². The van der Waals surface area contributed by atoms with Crippen LogP contribution in [-0.2, 0) is 9.53 Å². The maximum absolute atomic E-state index is 12.3. The molecule has 3 heterocycles. The van der Waals surface area contributed by atoms with E-state index in [0.29, 0.717) is 26.1 Å². The Hall–Kier alpha value is -2.19. The molecule has 0 bridgehead atoms. The normalized spacial score (nSPS) is 26.1. The molecule has 0 unspecified atom stereocenters. The maximum Gasteiger partial charge on any atom is 0.273 e. The van der Waals surface area contributed by atoms with Gasteiger partial charge in [-0.1, -0.05) is 0 Å². The molecule has 0 spiro atoms. The van der Waals surface area contributed by atoms with Crippen LogP contribution >= 0.6 is 0 Å². The zero-order chi connectivity index (χ0) is 18.0. The molecular formula is C17H24N4O4. The molecule has 2 saturated heterocycles. The van der Waals surface area contributed by atoms with E-state index in [1.807, 2.05) is 0 Å². The molecule has 1 aromatic rings. The van der Waals surface area contributed by atoms with E-state index in [9.17, 15) is 14.7 Å². The predicted molar refractivity (Wildman–Crippen MR) is 90.2 cm³/mol. The lowest BCUT2D eigenvalue weighted by Crippen LogP contribution is -2.47. The second-order valence-corrected chi connectivity index (χ2v) is 6.83. The van der Waals surface area contributed by atoms with Crippen LogP contribution < -0.4 is 5.32 Å². The van der Waals surface area contributed by atoms with E-state index in [1.54, 1.807) is 25.1 Å². The minimum absolute atomic E-state index is 0.0224. The first-order valence-electron chi connectivity index (χ1n) is 8.44. The summed E-state index contributed by atoms with van der Waals surface area (Å²) < 4.78 is 5.82. The number of carbonyl (C=O) groups is 2. The molecule has 0 aliphatic carbocycles. The Bertz CT molecular complexity index is 651. The van der Waals surface area contributed by atoms with Crippen LogP contribution in [0.15, 0.2) is 18.3 Å². The average Bonchev–Trinajstić information content (AvgIpc) is 2.96. The molecule has 2 aliphatic rings. The third kappa shape index (κ3) is 4.08. The smallest absolute Gasteiger partial charge is 0.273 e. The van der Waals surface area contributed by atoms with Crippen LogP contribution in [0.4, 0.5) is 0 Å². The van der Waals surface area contributed by atoms with Crippen molar-refractivity contribution < 1.29 is 19.4 Å². The molecule has 3 atom stereocenters. The summed E-state index contributed by atoms with van der Waals surface area (Å²) >= 11 is 0. The van der Waals surface area contributed by atoms with Crippen LogP contribution in [0, 0.1) is 0 Å². The van der Waals surface area contributed by atoms with Gasteiger partial charge in [0.05, 0.1) is 19.1 Å². The van der Waals surface area contributed by atoms with E-state index in [0.717, 1.165) is 6.42 Å². The Labute approximate surface area is 146 Å². The molecule has 2 fully saturated rings. The highest BCUT2D eigenvalue weighted by Crippen LogP contribution is 2.25. The number of pyridine rings is 1. The Kier molecular flexibility index (Phi) is 5.19. The molecule has 0 radical (unpaired) electrons. The first kappa shape index (κ1) is 17.6. The van der Waals surface area contributed by atoms with Gasteiger partial charge in [-0.25, -0.2) is 4.98 Å². The summed E-state index contributed by atoms with van der Waals surface area (Å²) in [6.45, 7) is 1.96. The third-order valence-corrected chi connectivity index (χ3v) is 4.73. The highest BCUT2D eigenvalue weighted by atomic mass is 16.5. The summed E-state index contributed by atoms with van der Waals surface area (Å²) in [5.41, 5.74) is 0.0399. The number of amides is 2. The zero-order valence-corrected chi connectivity index (χ0v) is 14.5. The van der Waals surface area contributed by atoms with Gasteiger partial charge in [-0.3, -0.25) is 14.5 Å². The summed E-state index contributed by atoms with van der Waals surface area (Å²) in [5.74, 6) is -0.442. The number of hydrogen-bond acceptors (Lipinski definition) is 6. The SMILES string of the molecule is CN(C)C(=O)C[C@H]1CN2C[C@H](NC(=O)c3ncccc3O)C[C@H]2CO1. The Balaban J connectivity index is 1.54. The molecule has 1 aromatic heterocycles. The monoisotopic (exact) mass is 348 g/mol. The van der Waals surface area contributed by atoms with E-state index in [1.165, 1.54) is 12.3 Å². The maximum atomic E-state index is 12.3. The molecular weight excluding hydrogens is 324 g/mol. The Morgan fingerprint density at radius 2 is 2.24 bits per heavy atom. The van der Waals surface area contributed by atoms with E-state index in [-0.39, 0.29) is 41.4 Å². The molecule has 136 valence electrons. The number of hydrogen-bond donors (Lipinski definition) is 2. The van der Waals surface area contributed by atoms with Crippen molar-refractivity contribution in [3.8, 4) is 5.75 Å². The number of nitrogens with one attached hydrogen (secondary N) is 1. The summed E-state index contributed by atoms with van der Waals surface area (Å²) in [5, 5.41) is 12.7. The highest BCUT2D eigenvalue weighted by molar-refractivity contribution is 5.94. The van der Waals surface area contributed by atoms with Crippen LogP contribution in [-0.4, -0.2) is 83.7 Å². The number of carbonyl (C=O) groups excluding carboxylic acids is 2. The number of aromatic nitrogens is 1. The molecule has 8 nitrogen and oxygen atoms in total. The van der Waals surface area contributed by atoms with Gasteiger partial charge < -0.3 is 20.1 Å². The van der Waals surface area contributed by atoms with Crippen molar-refractivity contribution in [2.75, 3.05) is 33.8 Å². The van der Waals surface area contributed by atoms with E-state index >= 15 is 0 Å². The van der Waals surface area contributed by atoms with Crippen LogP contribution in [0.5, 0.6) is 5.75 Å². The third-order valence-electron chi connectivity index (χ3n) is 4.73. The predicted octanol–water partition coefficient (Wildman–Crippen LogP) is -0.163. The zero-order valence-electron chi connectivity index (χ0n) is 14.5. The number of ether oxygens (including phenoxy) is 1. The van der Waals surface area contributed by atoms with Gasteiger partial charge in [0.15, 0.2) is 5.69 Å². The van der Waals surface area contributed by atoms with Crippen molar-refractivity contribution in [2.45, 2.75) is 31.0 Å². The lowest BCUT2D eigenvalue weighted by molar-refractivity contribution is -0.134. The first-order chi connectivity index (χ1) is 11.9. The van der Waals surface area contributed by atoms with E-state index in [2.05, 4.69) is 15.2 Å². The van der Waals surface area contributed by atoms with Crippen molar-refractivity contribution in [3.05, 3.63) is 24.0 Å². The van der Waals surface area contributed by atoms with Gasteiger partial charge in [0.1, 0.15) is 5.75 Å². The van der Waals surface area contributed by atoms with Gasteiger partial charge in [-0.15, -0.1) is 0 Å². The van der Waals surface area contributed by atoms with Crippen LogP contribution in [0.1, 0.15) is 23.3 Å². The largest absolute Gasteiger partial charge is 0.505 e. The minimum Gasteiger partial charge on any atom is -0.505 e. The first-order valence-corrected chi connectivity index (χ1v) is 8.44. The second-order valence-electron chi connectivity index (χ2n) is 6.83. The number of aromatic hydroxyl groups is 1. The number of fused-ring (bicyclic) bond motifs is 1. The second kappa shape index (κ2) is 7.37. The van der Waals surface area contributed by atoms with Crippen LogP contribution in [0.2, 0.25) is 0 Å². The van der Waals surface area contributed by atoms with Crippen LogP contribution in [0.3, 0.4) is 0 Å². The molecule has 25 heavy (non-hydrogen) atoms. The number of rotatable bonds is 4. The lowest BCUT2D eigenvalue weighted by atomic mass is 10.1. The standard InChI is InChI=1S/C17H24N4O4/c1-20(2)15(23)7-13-9-21-8-11(6-12(21)10-25-13)19-17(24)16-14(22)4-3-5-18-16/h3-5,11-13,22H,6-10H2,1-2H3,(H,19,24)/t11-,12+,13+/m1/s1. The van der Waals surface area contributed by atoms with Crippen molar-refractivity contribution in [1.29, 1.82) is 0 Å². The quantitative estimate of drug-likeness (QED) is 0.785. The molecule has 2 N–H and O–H groups in total. The summed E-state index contributed by atoms with van der Waals surface area (Å²) in [6, 6.07) is 3.24. The van der Waals surface area contributed by atoms with Gasteiger partial charge >= 0.3 is 0 Å². The lowest BCUT2D eigenvalue weighted by Gasteiger charge is -2.35. The Morgan fingerprint density at radius 1 is 1.44 bits per heavy atom. The molecule has 3 rings (SSSR count). The van der Waals surface area contributed by atoms with Crippen molar-refractivity contribution in [3.63, 3.8) is 0 Å². The van der Waals surface area contributed by atoms with Gasteiger partial charge in [0.2, 0.25) is 5.91 Å². The van der Waals surface area contributed by atoms with Gasteiger partial charge in [-0.2, -0.15) is 0 Å². The fraction of sp³-hybridized carbons (Fsp3) is 0.588. The van der Waals surface area contributed by atoms with Crippen molar-refractivity contribution >= 4 is 11.8 Å². The number of nitrogens with zero attached hydrogens (tertiary/aromatic N) is 3. The summed E-state index contributed by atoms with van der Waals surface area (Å²) in [7, 11) is 3.48. The van der Waals surface area contributed by atoms with E-state index in [4.69, 9.17) is 4.74 Å². The summed E-state index contributed by atoms with van der Waals surface area (Å²) in [6.07, 6.45) is 2.52. The molecule has 2 aliphatic heterocycles. The fourth-order valence-corrected chi connectivity index (χ4v) is 3.37. The summed E-state index contributed by atoms with van der Waals surface area (Å²) in [4.78, 5) is 31.9. The van der Waals surface area contributed by atoms with Gasteiger partial charge in [-0.05, 0) is 18.6 Å². The highest BCUT2D eigenvalue weighted by Gasteiger charge is 2.38. The fourth-order valence-electron chi connectivity index (χ4n) is 3.37. The van der Waals surface area contributed by atoms with Crippen molar-refractivity contribution in [1.82, 2.24) is 20.1 Å². The molecule has 2 amide bonds. The molecule has 0 saturated carbocycles. The average molecular weight is 348 g/mol. The van der Waals surface area contributed by atoms with E-state index < -0.39 is 0 Å². The minimum atomic E-state index is -0.372. The molecule has 8 heteroatoms. The van der Waals surface area contributed by atoms with Gasteiger partial charge in [0, 0.05) is 45.5 Å². The van der Waals surface area contributed by atoms with Crippen LogP contribution in [0.25, 0.3) is 0 Å².